The van der Waals surface area contributed by atoms with Crippen LogP contribution in [0.2, 0.25) is 10.0 Å². The van der Waals surface area contributed by atoms with Crippen LogP contribution in [-0.2, 0) is 6.54 Å². The van der Waals surface area contributed by atoms with Gasteiger partial charge in [0.1, 0.15) is 0 Å². The fraction of sp³-hybridized carbons (Fsp3) is 0.562. The zero-order chi connectivity index (χ0) is 15.1. The molecule has 1 heterocycles. The van der Waals surface area contributed by atoms with Crippen molar-refractivity contribution in [3.63, 3.8) is 0 Å². The van der Waals surface area contributed by atoms with E-state index in [2.05, 4.69) is 15.1 Å². The Hall–Kier alpha value is -0.790. The zero-order valence-electron chi connectivity index (χ0n) is 12.1. The Morgan fingerprint density at radius 1 is 1.29 bits per heavy atom. The minimum atomic E-state index is 0.573. The van der Waals surface area contributed by atoms with Gasteiger partial charge in [0.25, 0.3) is 0 Å². The van der Waals surface area contributed by atoms with Crippen LogP contribution in [0.15, 0.2) is 18.2 Å². The molecule has 0 unspecified atom stereocenters. The predicted molar refractivity (Wildman–Crippen MR) is 88.8 cm³/mol. The number of benzene rings is 1. The van der Waals surface area contributed by atoms with Gasteiger partial charge in [0.05, 0.1) is 0 Å². The molecule has 0 aliphatic carbocycles. The summed E-state index contributed by atoms with van der Waals surface area (Å²) < 4.78 is 0. The number of hydrogen-bond donors (Lipinski definition) is 1. The van der Waals surface area contributed by atoms with Gasteiger partial charge in [0, 0.05) is 35.6 Å². The van der Waals surface area contributed by atoms with Crippen molar-refractivity contribution in [3.05, 3.63) is 45.2 Å². The van der Waals surface area contributed by atoms with Gasteiger partial charge in [-0.15, -0.1) is 0 Å². The zero-order valence-corrected chi connectivity index (χ0v) is 13.6. The number of rotatable bonds is 6. The van der Waals surface area contributed by atoms with Crippen molar-refractivity contribution in [2.24, 2.45) is 0 Å². The largest absolute Gasteiger partial charge is 0.317 e. The number of nitrogens with zero attached hydrogens (tertiary/aromatic N) is 2. The fourth-order valence-corrected chi connectivity index (χ4v) is 3.25. The standard InChI is InChI=1S/C16H21Cl2N3/c1-19-7-2-10-21(15-5-8-20-9-6-15)12-13-3-4-14(17)11-16(13)18/h3-4,11,15,20H,2,5-10,12H2. The van der Waals surface area contributed by atoms with Crippen LogP contribution in [0.25, 0.3) is 4.85 Å². The first-order valence-electron chi connectivity index (χ1n) is 7.42. The minimum absolute atomic E-state index is 0.573. The Morgan fingerprint density at radius 2 is 2.05 bits per heavy atom. The van der Waals surface area contributed by atoms with E-state index < -0.39 is 0 Å². The highest BCUT2D eigenvalue weighted by Gasteiger charge is 2.21. The molecule has 0 saturated carbocycles. The molecular weight excluding hydrogens is 305 g/mol. The van der Waals surface area contributed by atoms with E-state index in [0.717, 1.165) is 56.0 Å². The van der Waals surface area contributed by atoms with Gasteiger partial charge < -0.3 is 10.2 Å². The molecule has 0 amide bonds. The van der Waals surface area contributed by atoms with Crippen molar-refractivity contribution >= 4 is 23.2 Å². The Kier molecular flexibility index (Phi) is 6.79. The topological polar surface area (TPSA) is 19.6 Å². The third-order valence-corrected chi connectivity index (χ3v) is 4.52. The van der Waals surface area contributed by atoms with Crippen LogP contribution in [0, 0.1) is 6.57 Å². The van der Waals surface area contributed by atoms with Gasteiger partial charge in [0.15, 0.2) is 0 Å². The van der Waals surface area contributed by atoms with E-state index in [1.807, 2.05) is 12.1 Å². The average Bonchev–Trinajstić information content (AvgIpc) is 2.49. The van der Waals surface area contributed by atoms with Gasteiger partial charge in [-0.1, -0.05) is 29.3 Å². The Bertz CT molecular complexity index is 493. The van der Waals surface area contributed by atoms with Crippen LogP contribution < -0.4 is 5.32 Å². The van der Waals surface area contributed by atoms with E-state index in [0.29, 0.717) is 17.6 Å². The molecule has 0 radical (unpaired) electrons. The molecule has 0 bridgehead atoms. The molecule has 1 saturated heterocycles. The van der Waals surface area contributed by atoms with Crippen LogP contribution in [0.1, 0.15) is 24.8 Å². The lowest BCUT2D eigenvalue weighted by Gasteiger charge is -2.34. The third-order valence-electron chi connectivity index (χ3n) is 3.93. The Labute approximate surface area is 137 Å². The summed E-state index contributed by atoms with van der Waals surface area (Å²) in [5.41, 5.74) is 1.11. The van der Waals surface area contributed by atoms with Crippen molar-refractivity contribution < 1.29 is 0 Å². The van der Waals surface area contributed by atoms with Crippen LogP contribution in [0.3, 0.4) is 0 Å². The molecule has 0 aromatic heterocycles. The molecule has 1 fully saturated rings. The van der Waals surface area contributed by atoms with Gasteiger partial charge in [-0.25, -0.2) is 6.57 Å². The maximum absolute atomic E-state index is 6.93. The lowest BCUT2D eigenvalue weighted by atomic mass is 10.0. The number of hydrogen-bond acceptors (Lipinski definition) is 2. The van der Waals surface area contributed by atoms with Crippen molar-refractivity contribution in [1.29, 1.82) is 0 Å². The molecule has 5 heteroatoms. The highest BCUT2D eigenvalue weighted by Crippen LogP contribution is 2.24. The van der Waals surface area contributed by atoms with E-state index in [-0.39, 0.29) is 0 Å². The molecule has 1 aliphatic rings. The van der Waals surface area contributed by atoms with E-state index in [1.54, 1.807) is 6.07 Å². The summed E-state index contributed by atoms with van der Waals surface area (Å²) in [5.74, 6) is 0. The van der Waals surface area contributed by atoms with E-state index in [9.17, 15) is 0 Å². The van der Waals surface area contributed by atoms with Gasteiger partial charge in [0.2, 0.25) is 6.54 Å². The monoisotopic (exact) mass is 325 g/mol. The van der Waals surface area contributed by atoms with E-state index in [1.165, 1.54) is 0 Å². The predicted octanol–water partition coefficient (Wildman–Crippen LogP) is 3.86. The third kappa shape index (κ3) is 5.16. The van der Waals surface area contributed by atoms with Gasteiger partial charge >= 0.3 is 0 Å². The summed E-state index contributed by atoms with van der Waals surface area (Å²) in [5, 5.41) is 4.80. The van der Waals surface area contributed by atoms with Crippen LogP contribution in [-0.4, -0.2) is 37.1 Å². The highest BCUT2D eigenvalue weighted by atomic mass is 35.5. The molecule has 21 heavy (non-hydrogen) atoms. The number of nitrogens with one attached hydrogen (secondary N) is 1. The normalized spacial score (nSPS) is 16.1. The van der Waals surface area contributed by atoms with Crippen LogP contribution in [0.4, 0.5) is 0 Å². The molecule has 114 valence electrons. The van der Waals surface area contributed by atoms with Crippen molar-refractivity contribution in [1.82, 2.24) is 10.2 Å². The minimum Gasteiger partial charge on any atom is -0.317 e. The molecule has 1 aliphatic heterocycles. The lowest BCUT2D eigenvalue weighted by Crippen LogP contribution is -2.43. The van der Waals surface area contributed by atoms with Crippen molar-refractivity contribution in [3.8, 4) is 0 Å². The summed E-state index contributed by atoms with van der Waals surface area (Å²) in [4.78, 5) is 5.93. The fourth-order valence-electron chi connectivity index (χ4n) is 2.78. The summed E-state index contributed by atoms with van der Waals surface area (Å²) >= 11 is 12.3. The maximum Gasteiger partial charge on any atom is 0.215 e. The molecule has 3 nitrogen and oxygen atoms in total. The molecule has 1 N–H and O–H groups in total. The van der Waals surface area contributed by atoms with Crippen molar-refractivity contribution in [2.75, 3.05) is 26.2 Å². The first kappa shape index (κ1) is 16.6. The smallest absolute Gasteiger partial charge is 0.215 e. The van der Waals surface area contributed by atoms with E-state index >= 15 is 0 Å². The first-order valence-corrected chi connectivity index (χ1v) is 8.18. The SMILES string of the molecule is [C-]#[N+]CCCN(Cc1ccc(Cl)cc1Cl)C1CCNCC1. The molecular formula is C16H21Cl2N3. The molecule has 0 atom stereocenters. The summed E-state index contributed by atoms with van der Waals surface area (Å²) in [6.45, 7) is 11.4. The maximum atomic E-state index is 6.93. The molecule has 1 aromatic rings. The van der Waals surface area contributed by atoms with Crippen molar-refractivity contribution in [2.45, 2.75) is 31.8 Å². The quantitative estimate of drug-likeness (QED) is 0.633. The van der Waals surface area contributed by atoms with Crippen LogP contribution >= 0.6 is 23.2 Å². The number of halogens is 2. The Balaban J connectivity index is 2.04. The summed E-state index contributed by atoms with van der Waals surface area (Å²) in [6, 6.07) is 6.28. The highest BCUT2D eigenvalue weighted by molar-refractivity contribution is 6.35. The van der Waals surface area contributed by atoms with Gasteiger partial charge in [-0.3, -0.25) is 4.90 Å². The first-order chi connectivity index (χ1) is 10.2. The summed E-state index contributed by atoms with van der Waals surface area (Å²) in [6.07, 6.45) is 3.23. The number of piperidine rings is 1. The summed E-state index contributed by atoms with van der Waals surface area (Å²) in [7, 11) is 0. The second kappa shape index (κ2) is 8.60. The second-order valence-corrected chi connectivity index (χ2v) is 6.27. The average molecular weight is 326 g/mol. The molecule has 1 aromatic carbocycles. The van der Waals surface area contributed by atoms with Gasteiger partial charge in [-0.2, -0.15) is 0 Å². The molecule has 2 rings (SSSR count). The lowest BCUT2D eigenvalue weighted by molar-refractivity contribution is 0.154. The Morgan fingerprint density at radius 3 is 2.71 bits per heavy atom. The van der Waals surface area contributed by atoms with Gasteiger partial charge in [-0.05, 0) is 43.6 Å². The molecule has 0 spiro atoms. The second-order valence-electron chi connectivity index (χ2n) is 5.42. The van der Waals surface area contributed by atoms with Crippen LogP contribution in [0.5, 0.6) is 0 Å². The van der Waals surface area contributed by atoms with E-state index in [4.69, 9.17) is 29.8 Å².